The summed E-state index contributed by atoms with van der Waals surface area (Å²) >= 11 is 4.49. The van der Waals surface area contributed by atoms with Crippen molar-refractivity contribution in [1.82, 2.24) is 5.32 Å². The Bertz CT molecular complexity index is 1030. The van der Waals surface area contributed by atoms with Gasteiger partial charge in [0.25, 0.3) is 0 Å². The minimum Gasteiger partial charge on any atom is -0.490 e. The number of carbonyl (C=O) groups excluding carboxylic acids is 1. The summed E-state index contributed by atoms with van der Waals surface area (Å²) in [4.78, 5) is 22.5. The van der Waals surface area contributed by atoms with Crippen LogP contribution in [-0.4, -0.2) is 40.2 Å². The monoisotopic (exact) mass is 505 g/mol. The van der Waals surface area contributed by atoms with Crippen molar-refractivity contribution in [2.45, 2.75) is 25.2 Å². The Hall–Kier alpha value is -2.85. The zero-order valence-corrected chi connectivity index (χ0v) is 19.0. The Kier molecular flexibility index (Phi) is 8.07. The molecule has 2 aromatic rings. The van der Waals surface area contributed by atoms with Crippen LogP contribution in [0.25, 0.3) is 0 Å². The summed E-state index contributed by atoms with van der Waals surface area (Å²) in [7, 11) is 0. The molecule has 0 spiro atoms. The molecule has 0 aliphatic carbocycles. The zero-order chi connectivity index (χ0) is 22.2. The number of nitrogens with one attached hydrogen (secondary N) is 1. The van der Waals surface area contributed by atoms with Crippen LogP contribution < -0.4 is 14.8 Å². The van der Waals surface area contributed by atoms with Crippen molar-refractivity contribution < 1.29 is 24.2 Å². The van der Waals surface area contributed by atoms with Crippen molar-refractivity contribution in [2.24, 2.45) is 10.2 Å². The van der Waals surface area contributed by atoms with Gasteiger partial charge in [-0.1, -0.05) is 39.8 Å². The second kappa shape index (κ2) is 11.0. The molecule has 10 heteroatoms. The van der Waals surface area contributed by atoms with E-state index in [0.717, 1.165) is 27.4 Å². The number of aliphatic carboxylic acids is 1. The third kappa shape index (κ3) is 6.83. The smallest absolute Gasteiger partial charge is 0.305 e. The van der Waals surface area contributed by atoms with E-state index in [2.05, 4.69) is 31.4 Å². The second-order valence-corrected chi connectivity index (χ2v) is 8.51. The lowest BCUT2D eigenvalue weighted by molar-refractivity contribution is -0.138. The first-order chi connectivity index (χ1) is 14.9. The van der Waals surface area contributed by atoms with Crippen molar-refractivity contribution in [3.05, 3.63) is 58.1 Å². The number of halogens is 1. The van der Waals surface area contributed by atoms with Crippen molar-refractivity contribution in [3.8, 4) is 11.5 Å². The van der Waals surface area contributed by atoms with Crippen LogP contribution >= 0.6 is 27.7 Å². The van der Waals surface area contributed by atoms with Crippen LogP contribution in [0, 0.1) is 0 Å². The summed E-state index contributed by atoms with van der Waals surface area (Å²) in [5.74, 6) is -0.227. The summed E-state index contributed by atoms with van der Waals surface area (Å²) in [5, 5.41) is 18.9. The van der Waals surface area contributed by atoms with Gasteiger partial charge in [-0.2, -0.15) is 5.10 Å². The molecule has 1 amide bonds. The van der Waals surface area contributed by atoms with Crippen LogP contribution in [0.2, 0.25) is 0 Å². The fourth-order valence-electron chi connectivity index (χ4n) is 2.67. The maximum absolute atomic E-state index is 11.7. The largest absolute Gasteiger partial charge is 0.490 e. The molecule has 0 aromatic heterocycles. The highest BCUT2D eigenvalue weighted by Gasteiger charge is 2.32. The number of hydrogen-bond acceptors (Lipinski definition) is 7. The van der Waals surface area contributed by atoms with E-state index in [1.54, 1.807) is 12.1 Å². The standard InChI is InChI=1S/C21H20BrN3O5S/c1-2-29-17-9-13(6-7-16(17)30-12-14-4-3-5-15(22)8-14)11-23-25-21-24-20(28)18(31-21)10-19(26)27/h3-9,11,18H,2,10,12H2,1H3,(H,26,27)(H,24,25,28). The van der Waals surface area contributed by atoms with E-state index in [0.29, 0.717) is 24.7 Å². The van der Waals surface area contributed by atoms with Gasteiger partial charge in [0.2, 0.25) is 5.91 Å². The minimum absolute atomic E-state index is 0.266. The van der Waals surface area contributed by atoms with E-state index in [4.69, 9.17) is 14.6 Å². The third-order valence-electron chi connectivity index (χ3n) is 4.04. The van der Waals surface area contributed by atoms with Crippen LogP contribution in [0.5, 0.6) is 11.5 Å². The fourth-order valence-corrected chi connectivity index (χ4v) is 4.04. The Balaban J connectivity index is 1.66. The highest BCUT2D eigenvalue weighted by Crippen LogP contribution is 2.29. The number of benzene rings is 2. The molecule has 3 rings (SSSR count). The molecule has 31 heavy (non-hydrogen) atoms. The Labute approximate surface area is 191 Å². The number of nitrogens with zero attached hydrogens (tertiary/aromatic N) is 2. The van der Waals surface area contributed by atoms with Gasteiger partial charge in [-0.25, -0.2) is 0 Å². The molecule has 0 radical (unpaired) electrons. The van der Waals surface area contributed by atoms with E-state index in [1.807, 2.05) is 37.3 Å². The predicted octanol–water partition coefficient (Wildman–Crippen LogP) is 3.82. The SMILES string of the molecule is CCOc1cc(C=NN=C2NC(=O)C(CC(=O)O)S2)ccc1OCc1cccc(Br)c1. The lowest BCUT2D eigenvalue weighted by Gasteiger charge is -2.12. The molecule has 2 aromatic carbocycles. The van der Waals surface area contributed by atoms with Gasteiger partial charge in [0.1, 0.15) is 11.9 Å². The lowest BCUT2D eigenvalue weighted by Crippen LogP contribution is -2.26. The fraction of sp³-hybridized carbons (Fsp3) is 0.238. The molecule has 8 nitrogen and oxygen atoms in total. The normalized spacial score (nSPS) is 17.2. The van der Waals surface area contributed by atoms with Crippen LogP contribution in [0.15, 0.2) is 57.1 Å². The predicted molar refractivity (Wildman–Crippen MR) is 123 cm³/mol. The number of amides is 1. The van der Waals surface area contributed by atoms with Crippen molar-refractivity contribution >= 4 is 51.0 Å². The molecular formula is C21H20BrN3O5S. The molecule has 1 saturated heterocycles. The first-order valence-corrected chi connectivity index (χ1v) is 11.1. The quantitative estimate of drug-likeness (QED) is 0.395. The van der Waals surface area contributed by atoms with Gasteiger partial charge in [-0.15, -0.1) is 5.10 Å². The van der Waals surface area contributed by atoms with Gasteiger partial charge >= 0.3 is 5.97 Å². The number of carbonyl (C=O) groups is 2. The summed E-state index contributed by atoms with van der Waals surface area (Å²) in [6.45, 7) is 2.76. The minimum atomic E-state index is -1.04. The van der Waals surface area contributed by atoms with Gasteiger partial charge in [-0.05, 0) is 48.4 Å². The number of carboxylic acid groups (broad SMARTS) is 1. The molecule has 1 aliphatic rings. The van der Waals surface area contributed by atoms with Crippen LogP contribution in [0.1, 0.15) is 24.5 Å². The third-order valence-corrected chi connectivity index (χ3v) is 5.61. The summed E-state index contributed by atoms with van der Waals surface area (Å²) in [5.41, 5.74) is 1.76. The molecule has 1 atom stereocenters. The molecular weight excluding hydrogens is 486 g/mol. The van der Waals surface area contributed by atoms with E-state index in [-0.39, 0.29) is 17.5 Å². The lowest BCUT2D eigenvalue weighted by atomic mass is 10.2. The van der Waals surface area contributed by atoms with E-state index in [9.17, 15) is 9.59 Å². The zero-order valence-electron chi connectivity index (χ0n) is 16.6. The molecule has 2 N–H and O–H groups in total. The highest BCUT2D eigenvalue weighted by molar-refractivity contribution is 9.10. The number of thioether (sulfide) groups is 1. The molecule has 162 valence electrons. The maximum atomic E-state index is 11.7. The summed E-state index contributed by atoms with van der Waals surface area (Å²) < 4.78 is 12.6. The molecule has 1 unspecified atom stereocenters. The Morgan fingerprint density at radius 1 is 1.26 bits per heavy atom. The van der Waals surface area contributed by atoms with Gasteiger partial charge in [0, 0.05) is 4.47 Å². The highest BCUT2D eigenvalue weighted by atomic mass is 79.9. The second-order valence-electron chi connectivity index (χ2n) is 6.40. The number of ether oxygens (including phenoxy) is 2. The molecule has 1 fully saturated rings. The average molecular weight is 506 g/mol. The van der Waals surface area contributed by atoms with Gasteiger partial charge in [0.05, 0.1) is 19.2 Å². The van der Waals surface area contributed by atoms with Crippen molar-refractivity contribution in [3.63, 3.8) is 0 Å². The van der Waals surface area contributed by atoms with E-state index < -0.39 is 11.2 Å². The number of carboxylic acids is 1. The average Bonchev–Trinajstić information content (AvgIpc) is 3.06. The van der Waals surface area contributed by atoms with Crippen molar-refractivity contribution in [1.29, 1.82) is 0 Å². The Morgan fingerprint density at radius 2 is 2.10 bits per heavy atom. The molecule has 0 saturated carbocycles. The van der Waals surface area contributed by atoms with Crippen molar-refractivity contribution in [2.75, 3.05) is 6.61 Å². The first-order valence-electron chi connectivity index (χ1n) is 9.39. The van der Waals surface area contributed by atoms with Crippen LogP contribution in [-0.2, 0) is 16.2 Å². The molecule has 1 heterocycles. The topological polar surface area (TPSA) is 110 Å². The van der Waals surface area contributed by atoms with Crippen LogP contribution in [0.3, 0.4) is 0 Å². The van der Waals surface area contributed by atoms with Gasteiger partial charge < -0.3 is 19.9 Å². The number of rotatable bonds is 9. The summed E-state index contributed by atoms with van der Waals surface area (Å²) in [6, 6.07) is 13.3. The van der Waals surface area contributed by atoms with E-state index >= 15 is 0 Å². The number of hydrogen-bond donors (Lipinski definition) is 2. The van der Waals surface area contributed by atoms with E-state index in [1.165, 1.54) is 6.21 Å². The summed E-state index contributed by atoms with van der Waals surface area (Å²) in [6.07, 6.45) is 1.25. The Morgan fingerprint density at radius 3 is 2.84 bits per heavy atom. The number of amidine groups is 1. The van der Waals surface area contributed by atoms with Gasteiger partial charge in [0.15, 0.2) is 16.7 Å². The first kappa shape index (κ1) is 22.8. The molecule has 0 bridgehead atoms. The van der Waals surface area contributed by atoms with Gasteiger partial charge in [-0.3, -0.25) is 9.59 Å². The van der Waals surface area contributed by atoms with Crippen LogP contribution in [0.4, 0.5) is 0 Å². The maximum Gasteiger partial charge on any atom is 0.305 e. The molecule has 1 aliphatic heterocycles.